The smallest absolute Gasteiger partial charge is 0.313 e. The van der Waals surface area contributed by atoms with Crippen LogP contribution in [0.3, 0.4) is 0 Å². The van der Waals surface area contributed by atoms with Gasteiger partial charge in [0.2, 0.25) is 17.7 Å². The summed E-state index contributed by atoms with van der Waals surface area (Å²) in [5.41, 5.74) is -2.09. The van der Waals surface area contributed by atoms with Gasteiger partial charge in [0.25, 0.3) is 0 Å². The Balaban J connectivity index is 1.86. The third kappa shape index (κ3) is 5.89. The average molecular weight is 588 g/mol. The molecule has 2 saturated heterocycles. The highest BCUT2D eigenvalue weighted by molar-refractivity contribution is 5.99. The number of ether oxygens (including phenoxy) is 2. The predicted molar refractivity (Wildman–Crippen MR) is 157 cm³/mol. The van der Waals surface area contributed by atoms with E-state index in [9.17, 15) is 24.3 Å². The second-order valence-electron chi connectivity index (χ2n) is 14.5. The first-order valence-electron chi connectivity index (χ1n) is 15.3. The second-order valence-corrected chi connectivity index (χ2v) is 14.5. The quantitative estimate of drug-likeness (QED) is 0.374. The zero-order valence-electron chi connectivity index (χ0n) is 26.4. The molecule has 0 aliphatic carbocycles. The summed E-state index contributed by atoms with van der Waals surface area (Å²) < 4.78 is 12.2. The van der Waals surface area contributed by atoms with Gasteiger partial charge in [0.15, 0.2) is 0 Å². The molecule has 4 aliphatic rings. The summed E-state index contributed by atoms with van der Waals surface area (Å²) in [5.74, 6) is -3.51. The van der Waals surface area contributed by atoms with E-state index in [0.29, 0.717) is 12.8 Å². The summed E-state index contributed by atoms with van der Waals surface area (Å²) in [6.45, 7) is 16.0. The molecule has 3 amide bonds. The molecule has 10 nitrogen and oxygen atoms in total. The topological polar surface area (TPSA) is 125 Å². The van der Waals surface area contributed by atoms with Gasteiger partial charge in [-0.2, -0.15) is 0 Å². The van der Waals surface area contributed by atoms with E-state index in [1.54, 1.807) is 24.0 Å². The molecule has 0 aromatic rings. The summed E-state index contributed by atoms with van der Waals surface area (Å²) in [7, 11) is 0. The average Bonchev–Trinajstić information content (AvgIpc) is 3.50. The number of amides is 3. The first kappa shape index (κ1) is 32.2. The van der Waals surface area contributed by atoms with Crippen molar-refractivity contribution in [1.29, 1.82) is 0 Å². The lowest BCUT2D eigenvalue weighted by atomic mass is 9.74. The Labute approximate surface area is 249 Å². The van der Waals surface area contributed by atoms with Gasteiger partial charge in [-0.05, 0) is 44.9 Å². The van der Waals surface area contributed by atoms with E-state index in [2.05, 4.69) is 26.1 Å². The van der Waals surface area contributed by atoms with E-state index in [-0.39, 0.29) is 55.2 Å². The van der Waals surface area contributed by atoms with Crippen LogP contribution in [-0.4, -0.2) is 93.7 Å². The highest BCUT2D eigenvalue weighted by atomic mass is 16.6. The number of hydrogen-bond acceptors (Lipinski definition) is 7. The zero-order chi connectivity index (χ0) is 31.2. The molecule has 1 spiro atoms. The van der Waals surface area contributed by atoms with E-state index in [0.717, 1.165) is 0 Å². The van der Waals surface area contributed by atoms with Gasteiger partial charge < -0.3 is 29.7 Å². The van der Waals surface area contributed by atoms with Crippen LogP contribution in [0.2, 0.25) is 0 Å². The fourth-order valence-corrected chi connectivity index (χ4v) is 7.49. The Kier molecular flexibility index (Phi) is 9.01. The molecule has 4 heterocycles. The van der Waals surface area contributed by atoms with Crippen molar-refractivity contribution in [3.05, 3.63) is 24.3 Å². The van der Waals surface area contributed by atoms with Gasteiger partial charge >= 0.3 is 5.97 Å². The number of aliphatic hydroxyl groups is 1. The normalized spacial score (nSPS) is 34.1. The second kappa shape index (κ2) is 11.8. The molecular weight excluding hydrogens is 538 g/mol. The van der Waals surface area contributed by atoms with E-state index in [1.807, 2.05) is 39.8 Å². The van der Waals surface area contributed by atoms with Crippen LogP contribution in [0.25, 0.3) is 0 Å². The number of likely N-dealkylation sites (tertiary alicyclic amines) is 1. The number of rotatable bonds is 5. The van der Waals surface area contributed by atoms with Crippen LogP contribution < -0.4 is 5.32 Å². The highest BCUT2D eigenvalue weighted by Gasteiger charge is 2.74. The van der Waals surface area contributed by atoms with Gasteiger partial charge in [0.05, 0.1) is 31.2 Å². The molecule has 5 bridgehead atoms. The standard InChI is InChI=1S/C32H49N3O7/c1-19(2)21(17-36)35-26-28(39)34(31(7,8)18-30(4,5)6)15-11-9-10-12-23(37)33-16-20(3)41-29(40)24-22-13-14-32(26,42-22)25(24)27(35)38/h9,11,13-14,19-22,24-26,36H,10,12,15-18H2,1-8H3,(H,33,37)/b11-9-/t20-,21-,22+,24-,25-,26+,32-/m0/s1. The third-order valence-corrected chi connectivity index (χ3v) is 8.99. The fourth-order valence-electron chi connectivity index (χ4n) is 7.49. The van der Waals surface area contributed by atoms with Crippen LogP contribution in [0.1, 0.15) is 74.7 Å². The number of aliphatic hydroxyl groups excluding tert-OH is 1. The lowest BCUT2D eigenvalue weighted by Crippen LogP contribution is -2.63. The van der Waals surface area contributed by atoms with Crippen LogP contribution in [0.5, 0.6) is 0 Å². The fraction of sp³-hybridized carbons (Fsp3) is 0.750. The van der Waals surface area contributed by atoms with Gasteiger partial charge in [0, 0.05) is 18.5 Å². The van der Waals surface area contributed by atoms with E-state index < -0.39 is 53.2 Å². The number of carbonyl (C=O) groups excluding carboxylic acids is 4. The van der Waals surface area contributed by atoms with E-state index in [1.165, 1.54) is 4.90 Å². The van der Waals surface area contributed by atoms with Gasteiger partial charge in [-0.15, -0.1) is 0 Å². The number of hydrogen-bond donors (Lipinski definition) is 2. The van der Waals surface area contributed by atoms with Crippen molar-refractivity contribution in [1.82, 2.24) is 15.1 Å². The summed E-state index contributed by atoms with van der Waals surface area (Å²) in [4.78, 5) is 58.6. The zero-order valence-corrected chi connectivity index (χ0v) is 26.4. The van der Waals surface area contributed by atoms with Crippen molar-refractivity contribution >= 4 is 23.7 Å². The molecule has 0 aromatic carbocycles. The molecule has 7 atom stereocenters. The van der Waals surface area contributed by atoms with Crippen LogP contribution >= 0.6 is 0 Å². The van der Waals surface area contributed by atoms with Crippen LogP contribution in [0, 0.1) is 23.2 Å². The summed E-state index contributed by atoms with van der Waals surface area (Å²) in [6, 6.07) is -1.72. The van der Waals surface area contributed by atoms with Crippen molar-refractivity contribution in [2.24, 2.45) is 23.2 Å². The van der Waals surface area contributed by atoms with Crippen LogP contribution in [-0.2, 0) is 28.7 Å². The first-order valence-corrected chi connectivity index (χ1v) is 15.3. The van der Waals surface area contributed by atoms with E-state index in [4.69, 9.17) is 9.47 Å². The van der Waals surface area contributed by atoms with Gasteiger partial charge in [-0.3, -0.25) is 19.2 Å². The molecule has 0 radical (unpaired) electrons. The Hall–Kier alpha value is -2.72. The largest absolute Gasteiger partial charge is 0.460 e. The number of carbonyl (C=O) groups is 4. The lowest BCUT2D eigenvalue weighted by molar-refractivity contribution is -0.160. The Morgan fingerprint density at radius 2 is 1.79 bits per heavy atom. The molecule has 10 heteroatoms. The number of cyclic esters (lactones) is 1. The van der Waals surface area contributed by atoms with Gasteiger partial charge in [0.1, 0.15) is 23.7 Å². The Morgan fingerprint density at radius 3 is 2.40 bits per heavy atom. The van der Waals surface area contributed by atoms with Crippen molar-refractivity contribution in [2.75, 3.05) is 19.7 Å². The number of fused-ring (bicyclic) bond motifs is 2. The van der Waals surface area contributed by atoms with Crippen LogP contribution in [0.4, 0.5) is 0 Å². The molecule has 0 saturated carbocycles. The molecule has 0 unspecified atom stereocenters. The SMILES string of the molecule is CC(C)[C@H](CO)N1C(=O)[C@@H]2[C@H]3C(=O)O[C@@H](C)CNC(=O)CC/C=C\CN(C(C)(C)CC(C)(C)C)C(=O)[C@@H]1[C@]21C=C[C@H]3O1. The lowest BCUT2D eigenvalue weighted by Gasteiger charge is -2.46. The summed E-state index contributed by atoms with van der Waals surface area (Å²) in [5, 5.41) is 13.3. The summed E-state index contributed by atoms with van der Waals surface area (Å²) >= 11 is 0. The minimum atomic E-state index is -1.37. The molecule has 2 fully saturated rings. The minimum absolute atomic E-state index is 0.107. The van der Waals surface area contributed by atoms with Crippen molar-refractivity contribution in [3.63, 3.8) is 0 Å². The molecular formula is C32H49N3O7. The molecule has 234 valence electrons. The number of nitrogens with one attached hydrogen (secondary N) is 1. The predicted octanol–water partition coefficient (Wildman–Crippen LogP) is 2.60. The number of allylic oxidation sites excluding steroid dienone is 1. The van der Waals surface area contributed by atoms with Crippen molar-refractivity contribution in [3.8, 4) is 0 Å². The first-order chi connectivity index (χ1) is 19.5. The van der Waals surface area contributed by atoms with Gasteiger partial charge in [-0.1, -0.05) is 58.9 Å². The highest BCUT2D eigenvalue weighted by Crippen LogP contribution is 2.56. The monoisotopic (exact) mass is 587 g/mol. The van der Waals surface area contributed by atoms with Crippen LogP contribution in [0.15, 0.2) is 24.3 Å². The molecule has 4 rings (SSSR count). The molecule has 4 aliphatic heterocycles. The maximum absolute atomic E-state index is 15.0. The summed E-state index contributed by atoms with van der Waals surface area (Å²) in [6.07, 6.45) is 7.43. The van der Waals surface area contributed by atoms with Crippen molar-refractivity contribution < 1.29 is 33.8 Å². The molecule has 2 N–H and O–H groups in total. The molecule has 0 aromatic heterocycles. The maximum atomic E-state index is 15.0. The number of esters is 1. The third-order valence-electron chi connectivity index (χ3n) is 8.99. The maximum Gasteiger partial charge on any atom is 0.313 e. The van der Waals surface area contributed by atoms with Gasteiger partial charge in [-0.25, -0.2) is 0 Å². The minimum Gasteiger partial charge on any atom is -0.460 e. The molecule has 42 heavy (non-hydrogen) atoms. The Morgan fingerprint density at radius 1 is 1.10 bits per heavy atom. The van der Waals surface area contributed by atoms with E-state index >= 15 is 0 Å². The number of nitrogens with zero attached hydrogens (tertiary/aromatic N) is 2. The van der Waals surface area contributed by atoms with Crippen molar-refractivity contribution in [2.45, 2.75) is 110 Å². The Bertz CT molecular complexity index is 1140.